The zero-order chi connectivity index (χ0) is 13.1. The average Bonchev–Trinajstić information content (AvgIpc) is 3.14. The summed E-state index contributed by atoms with van der Waals surface area (Å²) >= 11 is 0. The Morgan fingerprint density at radius 2 is 2.21 bits per heavy atom. The van der Waals surface area contributed by atoms with E-state index in [0.717, 1.165) is 37.9 Å². The van der Waals surface area contributed by atoms with Gasteiger partial charge < -0.3 is 14.6 Å². The summed E-state index contributed by atoms with van der Waals surface area (Å²) in [5.41, 5.74) is 1.00. The number of likely N-dealkylation sites (tertiary alicyclic amines) is 1. The van der Waals surface area contributed by atoms with Gasteiger partial charge in [-0.3, -0.25) is 4.90 Å². The van der Waals surface area contributed by atoms with E-state index in [1.165, 1.54) is 32.4 Å². The lowest BCUT2D eigenvalue weighted by Gasteiger charge is -2.23. The molecule has 19 heavy (non-hydrogen) atoms. The van der Waals surface area contributed by atoms with Crippen molar-refractivity contribution in [1.82, 2.24) is 15.2 Å². The highest BCUT2D eigenvalue weighted by Crippen LogP contribution is 2.24. The van der Waals surface area contributed by atoms with Crippen molar-refractivity contribution in [3.05, 3.63) is 12.0 Å². The molecule has 0 spiro atoms. The molecule has 1 atom stereocenters. The monoisotopic (exact) mass is 264 g/mol. The van der Waals surface area contributed by atoms with E-state index >= 15 is 0 Å². The van der Waals surface area contributed by atoms with Crippen LogP contribution in [0.1, 0.15) is 31.9 Å². The minimum absolute atomic E-state index is 0.701. The highest BCUT2D eigenvalue weighted by Gasteiger charge is 2.31. The molecule has 5 heteroatoms. The second-order valence-electron chi connectivity index (χ2n) is 5.53. The Balaban J connectivity index is 1.56. The maximum atomic E-state index is 5.61. The Kier molecular flexibility index (Phi) is 4.03. The second-order valence-corrected chi connectivity index (χ2v) is 5.53. The first kappa shape index (κ1) is 12.9. The number of nitrogens with zero attached hydrogens (tertiary/aromatic N) is 3. The maximum Gasteiger partial charge on any atom is 0.297 e. The molecule has 1 aromatic heterocycles. The molecule has 0 radical (unpaired) electrons. The van der Waals surface area contributed by atoms with E-state index in [0.29, 0.717) is 6.04 Å². The van der Waals surface area contributed by atoms with Gasteiger partial charge in [0, 0.05) is 25.7 Å². The SMILES string of the molecule is CCNCc1coc(N2CCC(N3CCCC3)C2)n1. The van der Waals surface area contributed by atoms with Gasteiger partial charge in [-0.2, -0.15) is 4.98 Å². The van der Waals surface area contributed by atoms with Crippen LogP contribution in [0, 0.1) is 0 Å². The lowest BCUT2D eigenvalue weighted by Crippen LogP contribution is -2.35. The minimum Gasteiger partial charge on any atom is -0.432 e. The summed E-state index contributed by atoms with van der Waals surface area (Å²) in [7, 11) is 0. The molecule has 106 valence electrons. The molecule has 2 aliphatic rings. The van der Waals surface area contributed by atoms with Gasteiger partial charge in [0.05, 0.1) is 5.69 Å². The van der Waals surface area contributed by atoms with Crippen molar-refractivity contribution < 1.29 is 4.42 Å². The third-order valence-electron chi connectivity index (χ3n) is 4.19. The van der Waals surface area contributed by atoms with Gasteiger partial charge in [-0.15, -0.1) is 0 Å². The van der Waals surface area contributed by atoms with Gasteiger partial charge in [0.1, 0.15) is 6.26 Å². The van der Waals surface area contributed by atoms with E-state index in [-0.39, 0.29) is 0 Å². The molecule has 0 aromatic carbocycles. The third-order valence-corrected chi connectivity index (χ3v) is 4.19. The molecule has 5 nitrogen and oxygen atoms in total. The molecule has 1 aromatic rings. The standard InChI is InChI=1S/C14H24N4O/c1-2-15-9-12-11-19-14(16-12)18-8-5-13(10-18)17-6-3-4-7-17/h11,13,15H,2-10H2,1H3. The Hall–Kier alpha value is -1.07. The molecule has 0 saturated carbocycles. The van der Waals surface area contributed by atoms with Crippen LogP contribution in [0.4, 0.5) is 6.01 Å². The molecule has 1 N–H and O–H groups in total. The van der Waals surface area contributed by atoms with E-state index in [1.807, 2.05) is 0 Å². The van der Waals surface area contributed by atoms with Crippen molar-refractivity contribution in [3.8, 4) is 0 Å². The molecule has 0 aliphatic carbocycles. The van der Waals surface area contributed by atoms with Gasteiger partial charge >= 0.3 is 0 Å². The van der Waals surface area contributed by atoms with E-state index in [1.54, 1.807) is 6.26 Å². The average molecular weight is 264 g/mol. The number of hydrogen-bond acceptors (Lipinski definition) is 5. The molecular formula is C14H24N4O. The number of oxazole rings is 1. The Morgan fingerprint density at radius 1 is 1.37 bits per heavy atom. The first-order valence-electron chi connectivity index (χ1n) is 7.51. The summed E-state index contributed by atoms with van der Waals surface area (Å²) < 4.78 is 5.61. The quantitative estimate of drug-likeness (QED) is 0.872. The van der Waals surface area contributed by atoms with Crippen LogP contribution < -0.4 is 10.2 Å². The summed E-state index contributed by atoms with van der Waals surface area (Å²) in [4.78, 5) is 9.49. The Bertz CT molecular complexity index is 400. The third kappa shape index (κ3) is 2.92. The molecule has 2 saturated heterocycles. The molecule has 3 heterocycles. The van der Waals surface area contributed by atoms with Crippen molar-refractivity contribution in [2.24, 2.45) is 0 Å². The normalized spacial score (nSPS) is 24.5. The smallest absolute Gasteiger partial charge is 0.297 e. The molecular weight excluding hydrogens is 240 g/mol. The molecule has 2 fully saturated rings. The van der Waals surface area contributed by atoms with Crippen LogP contribution in [0.2, 0.25) is 0 Å². The Morgan fingerprint density at radius 3 is 3.00 bits per heavy atom. The van der Waals surface area contributed by atoms with Crippen molar-refractivity contribution in [2.45, 2.75) is 38.8 Å². The highest BCUT2D eigenvalue weighted by atomic mass is 16.4. The summed E-state index contributed by atoms with van der Waals surface area (Å²) in [6.07, 6.45) is 5.75. The van der Waals surface area contributed by atoms with Gasteiger partial charge in [0.2, 0.25) is 0 Å². The van der Waals surface area contributed by atoms with Gasteiger partial charge in [-0.1, -0.05) is 6.92 Å². The second kappa shape index (κ2) is 5.92. The van der Waals surface area contributed by atoms with Crippen molar-refractivity contribution >= 4 is 6.01 Å². The highest BCUT2D eigenvalue weighted by molar-refractivity contribution is 5.29. The fourth-order valence-electron chi connectivity index (χ4n) is 3.10. The summed E-state index contributed by atoms with van der Waals surface area (Å²) in [5.74, 6) is 0. The van der Waals surface area contributed by atoms with Gasteiger partial charge in [-0.05, 0) is 38.9 Å². The first-order valence-corrected chi connectivity index (χ1v) is 7.51. The van der Waals surface area contributed by atoms with Crippen LogP contribution in [0.25, 0.3) is 0 Å². The lowest BCUT2D eigenvalue weighted by atomic mass is 10.2. The lowest BCUT2D eigenvalue weighted by molar-refractivity contribution is 0.260. The van der Waals surface area contributed by atoms with Crippen LogP contribution in [0.15, 0.2) is 10.7 Å². The zero-order valence-electron chi connectivity index (χ0n) is 11.8. The minimum atomic E-state index is 0.701. The van der Waals surface area contributed by atoms with Gasteiger partial charge in [0.25, 0.3) is 6.01 Å². The van der Waals surface area contributed by atoms with E-state index in [4.69, 9.17) is 4.42 Å². The van der Waals surface area contributed by atoms with E-state index in [2.05, 4.69) is 27.0 Å². The first-order chi connectivity index (χ1) is 9.36. The molecule has 2 aliphatic heterocycles. The number of rotatable bonds is 5. The van der Waals surface area contributed by atoms with Crippen molar-refractivity contribution in [3.63, 3.8) is 0 Å². The number of aromatic nitrogens is 1. The number of anilines is 1. The zero-order valence-corrected chi connectivity index (χ0v) is 11.8. The number of hydrogen-bond donors (Lipinski definition) is 1. The number of nitrogens with one attached hydrogen (secondary N) is 1. The maximum absolute atomic E-state index is 5.61. The van der Waals surface area contributed by atoms with Crippen LogP contribution in [0.3, 0.4) is 0 Å². The molecule has 1 unspecified atom stereocenters. The summed E-state index contributed by atoms with van der Waals surface area (Å²) in [5, 5.41) is 3.27. The van der Waals surface area contributed by atoms with Gasteiger partial charge in [-0.25, -0.2) is 0 Å². The largest absolute Gasteiger partial charge is 0.432 e. The predicted octanol–water partition coefficient (Wildman–Crippen LogP) is 1.46. The van der Waals surface area contributed by atoms with Crippen molar-refractivity contribution in [1.29, 1.82) is 0 Å². The van der Waals surface area contributed by atoms with Crippen LogP contribution in [-0.4, -0.2) is 48.6 Å². The predicted molar refractivity (Wildman–Crippen MR) is 75.3 cm³/mol. The topological polar surface area (TPSA) is 44.5 Å². The fraction of sp³-hybridized carbons (Fsp3) is 0.786. The molecule has 0 amide bonds. The van der Waals surface area contributed by atoms with Gasteiger partial charge in [0.15, 0.2) is 0 Å². The Labute approximate surface area is 115 Å². The molecule has 3 rings (SSSR count). The molecule has 0 bridgehead atoms. The fourth-order valence-corrected chi connectivity index (χ4v) is 3.10. The van der Waals surface area contributed by atoms with Crippen LogP contribution in [-0.2, 0) is 6.54 Å². The van der Waals surface area contributed by atoms with Crippen LogP contribution in [0.5, 0.6) is 0 Å². The summed E-state index contributed by atoms with van der Waals surface area (Å²) in [6.45, 7) is 8.55. The van der Waals surface area contributed by atoms with Crippen molar-refractivity contribution in [2.75, 3.05) is 37.6 Å². The van der Waals surface area contributed by atoms with E-state index < -0.39 is 0 Å². The summed E-state index contributed by atoms with van der Waals surface area (Å²) in [6, 6.07) is 1.50. The van der Waals surface area contributed by atoms with E-state index in [9.17, 15) is 0 Å². The van der Waals surface area contributed by atoms with Crippen LogP contribution >= 0.6 is 0 Å².